The zero-order chi connectivity index (χ0) is 13.2. The van der Waals surface area contributed by atoms with Gasteiger partial charge < -0.3 is 9.73 Å². The lowest BCUT2D eigenvalue weighted by Crippen LogP contribution is -2.10. The summed E-state index contributed by atoms with van der Waals surface area (Å²) in [4.78, 5) is 3.89. The summed E-state index contributed by atoms with van der Waals surface area (Å²) >= 11 is 5.64. The van der Waals surface area contributed by atoms with Crippen LogP contribution in [0, 0.1) is 0 Å². The van der Waals surface area contributed by atoms with Crippen LogP contribution in [-0.4, -0.2) is 13.4 Å². The Kier molecular flexibility index (Phi) is 3.55. The van der Waals surface area contributed by atoms with Gasteiger partial charge in [-0.3, -0.25) is 0 Å². The molecule has 18 heavy (non-hydrogen) atoms. The lowest BCUT2D eigenvalue weighted by molar-refractivity contribution is 0.419. The number of sulfonamides is 1. The van der Waals surface area contributed by atoms with E-state index in [2.05, 4.69) is 10.3 Å². The lowest BCUT2D eigenvalue weighted by Gasteiger charge is -2.03. The van der Waals surface area contributed by atoms with E-state index in [1.807, 2.05) is 0 Å². The highest BCUT2D eigenvalue weighted by atomic mass is 35.5. The van der Waals surface area contributed by atoms with E-state index < -0.39 is 10.0 Å². The molecule has 2 aromatic rings. The van der Waals surface area contributed by atoms with Gasteiger partial charge in [0, 0.05) is 0 Å². The Bertz CT molecular complexity index is 637. The van der Waals surface area contributed by atoms with Crippen molar-refractivity contribution in [3.63, 3.8) is 0 Å². The molecule has 8 heteroatoms. The number of halogens is 1. The second-order valence-electron chi connectivity index (χ2n) is 3.49. The summed E-state index contributed by atoms with van der Waals surface area (Å²) in [5.41, 5.74) is 0.743. The predicted octanol–water partition coefficient (Wildman–Crippen LogP) is 1.59. The average Bonchev–Trinajstić information content (AvgIpc) is 2.77. The molecule has 0 fully saturated rings. The maximum atomic E-state index is 11.0. The number of primary sulfonamides is 1. The molecule has 0 spiro atoms. The molecule has 2 heterocycles. The molecule has 0 aliphatic rings. The van der Waals surface area contributed by atoms with Crippen LogP contribution in [0.5, 0.6) is 0 Å². The minimum absolute atomic E-state index is 0.256. The minimum Gasteiger partial charge on any atom is -0.446 e. The first kappa shape index (κ1) is 12.9. The van der Waals surface area contributed by atoms with Gasteiger partial charge in [0.1, 0.15) is 10.9 Å². The van der Waals surface area contributed by atoms with Crippen molar-refractivity contribution in [2.24, 2.45) is 5.14 Å². The Labute approximate surface area is 109 Å². The molecule has 3 N–H and O–H groups in total. The first-order chi connectivity index (χ1) is 8.45. The van der Waals surface area contributed by atoms with E-state index in [9.17, 15) is 8.42 Å². The van der Waals surface area contributed by atoms with Crippen molar-refractivity contribution in [3.8, 4) is 0 Å². The summed E-state index contributed by atoms with van der Waals surface area (Å²) in [6.45, 7) is 0.318. The van der Waals surface area contributed by atoms with Gasteiger partial charge in [-0.15, -0.1) is 0 Å². The fourth-order valence-corrected chi connectivity index (χ4v) is 1.87. The summed E-state index contributed by atoms with van der Waals surface area (Å²) in [6, 6.07) is 6.24. The summed E-state index contributed by atoms with van der Waals surface area (Å²) in [5.74, 6) is 0.453. The quantitative estimate of drug-likeness (QED) is 0.832. The number of nitrogens with two attached hydrogens (primary N) is 1. The van der Waals surface area contributed by atoms with Gasteiger partial charge in [-0.25, -0.2) is 18.5 Å². The lowest BCUT2D eigenvalue weighted by atomic mass is 10.4. The number of nitrogens with one attached hydrogen (secondary N) is 1. The molecule has 0 aromatic carbocycles. The number of aromatic nitrogens is 1. The van der Waals surface area contributed by atoms with Crippen molar-refractivity contribution >= 4 is 27.3 Å². The largest absolute Gasteiger partial charge is 0.446 e. The third-order valence-corrected chi connectivity index (χ3v) is 3.12. The molecule has 2 aromatic heterocycles. The van der Waals surface area contributed by atoms with Crippen LogP contribution in [0.4, 0.5) is 5.69 Å². The summed E-state index contributed by atoms with van der Waals surface area (Å²) in [7, 11) is -3.79. The summed E-state index contributed by atoms with van der Waals surface area (Å²) < 4.78 is 27.1. The first-order valence-electron chi connectivity index (χ1n) is 4.92. The maximum Gasteiger partial charge on any atom is 0.271 e. The van der Waals surface area contributed by atoms with E-state index in [1.165, 1.54) is 12.1 Å². The van der Waals surface area contributed by atoms with Crippen molar-refractivity contribution < 1.29 is 12.8 Å². The summed E-state index contributed by atoms with van der Waals surface area (Å²) in [5, 5.41) is 8.07. The van der Waals surface area contributed by atoms with Crippen LogP contribution in [0.1, 0.15) is 5.76 Å². The molecule has 0 unspecified atom stereocenters. The number of hydrogen-bond acceptors (Lipinski definition) is 5. The van der Waals surface area contributed by atoms with Crippen LogP contribution in [0.2, 0.25) is 5.15 Å². The molecule has 0 amide bonds. The molecular formula is C10H10ClN3O3S. The second kappa shape index (κ2) is 4.97. The number of nitrogens with zero attached hydrogens (tertiary/aromatic N) is 1. The fraction of sp³-hybridized carbons (Fsp3) is 0.100. The highest BCUT2D eigenvalue weighted by molar-refractivity contribution is 7.89. The number of anilines is 1. The number of hydrogen-bond donors (Lipinski definition) is 2. The van der Waals surface area contributed by atoms with Gasteiger partial charge in [-0.05, 0) is 24.3 Å². The maximum absolute atomic E-state index is 11.0. The van der Waals surface area contributed by atoms with Gasteiger partial charge in [0.25, 0.3) is 10.0 Å². The van der Waals surface area contributed by atoms with Gasteiger partial charge in [0.05, 0.1) is 18.4 Å². The number of furan rings is 1. The van der Waals surface area contributed by atoms with Crippen molar-refractivity contribution in [1.29, 1.82) is 0 Å². The normalized spacial score (nSPS) is 11.4. The highest BCUT2D eigenvalue weighted by Crippen LogP contribution is 2.15. The number of pyridine rings is 1. The highest BCUT2D eigenvalue weighted by Gasteiger charge is 2.12. The molecule has 0 atom stereocenters. The third kappa shape index (κ3) is 3.22. The second-order valence-corrected chi connectivity index (χ2v) is 5.37. The van der Waals surface area contributed by atoms with Gasteiger partial charge in [-0.1, -0.05) is 11.6 Å². The van der Waals surface area contributed by atoms with E-state index in [1.54, 1.807) is 18.3 Å². The standard InChI is InChI=1S/C10H10ClN3O3S/c11-9-3-1-7(5-14-9)13-6-8-2-4-10(17-8)18(12,15)16/h1-5,13H,6H2,(H2,12,15,16). The van der Waals surface area contributed by atoms with Crippen LogP contribution >= 0.6 is 11.6 Å². The molecular weight excluding hydrogens is 278 g/mol. The predicted molar refractivity (Wildman–Crippen MR) is 66.7 cm³/mol. The SMILES string of the molecule is NS(=O)(=O)c1ccc(CNc2ccc(Cl)nc2)o1. The molecule has 0 aliphatic carbocycles. The Balaban J connectivity index is 2.03. The Morgan fingerprint density at radius 1 is 1.33 bits per heavy atom. The molecule has 0 saturated carbocycles. The van der Waals surface area contributed by atoms with Crippen molar-refractivity contribution in [3.05, 3.63) is 41.4 Å². The monoisotopic (exact) mass is 287 g/mol. The van der Waals surface area contributed by atoms with Crippen molar-refractivity contribution in [2.45, 2.75) is 11.6 Å². The third-order valence-electron chi connectivity index (χ3n) is 2.11. The molecule has 0 bridgehead atoms. The zero-order valence-electron chi connectivity index (χ0n) is 9.13. The zero-order valence-corrected chi connectivity index (χ0v) is 10.7. The Hall–Kier alpha value is -1.57. The van der Waals surface area contributed by atoms with Gasteiger partial charge in [0.2, 0.25) is 5.09 Å². The minimum atomic E-state index is -3.79. The Morgan fingerprint density at radius 3 is 2.67 bits per heavy atom. The van der Waals surface area contributed by atoms with Gasteiger partial charge in [0.15, 0.2) is 0 Å². The summed E-state index contributed by atoms with van der Waals surface area (Å²) in [6.07, 6.45) is 1.56. The van der Waals surface area contributed by atoms with E-state index >= 15 is 0 Å². The van der Waals surface area contributed by atoms with Crippen LogP contribution in [0.15, 0.2) is 40.0 Å². The van der Waals surface area contributed by atoms with Crippen molar-refractivity contribution in [1.82, 2.24) is 4.98 Å². The van der Waals surface area contributed by atoms with Crippen LogP contribution in [0.3, 0.4) is 0 Å². The first-order valence-corrected chi connectivity index (χ1v) is 6.84. The van der Waals surface area contributed by atoms with Crippen LogP contribution in [-0.2, 0) is 16.6 Å². The van der Waals surface area contributed by atoms with Crippen molar-refractivity contribution in [2.75, 3.05) is 5.32 Å². The van der Waals surface area contributed by atoms with E-state index in [-0.39, 0.29) is 5.09 Å². The molecule has 0 aliphatic heterocycles. The smallest absolute Gasteiger partial charge is 0.271 e. The topological polar surface area (TPSA) is 98.2 Å². The van der Waals surface area contributed by atoms with E-state index in [0.717, 1.165) is 5.69 Å². The molecule has 96 valence electrons. The average molecular weight is 288 g/mol. The van der Waals surface area contributed by atoms with E-state index in [4.69, 9.17) is 21.2 Å². The van der Waals surface area contributed by atoms with Gasteiger partial charge >= 0.3 is 0 Å². The molecule has 2 rings (SSSR count). The fourth-order valence-electron chi connectivity index (χ4n) is 1.28. The molecule has 0 saturated heterocycles. The van der Waals surface area contributed by atoms with Crippen LogP contribution in [0.25, 0.3) is 0 Å². The molecule has 6 nitrogen and oxygen atoms in total. The Morgan fingerprint density at radius 2 is 2.11 bits per heavy atom. The van der Waals surface area contributed by atoms with E-state index in [0.29, 0.717) is 17.5 Å². The number of rotatable bonds is 4. The van der Waals surface area contributed by atoms with Crippen LogP contribution < -0.4 is 10.5 Å². The van der Waals surface area contributed by atoms with Gasteiger partial charge in [-0.2, -0.15) is 0 Å². The molecule has 0 radical (unpaired) electrons.